The fraction of sp³-hybridized carbons (Fsp3) is 1.00. The second-order valence-corrected chi connectivity index (χ2v) is 2.16. The third-order valence-corrected chi connectivity index (χ3v) is 0.704. The predicted molar refractivity (Wildman–Crippen MR) is 39.2 cm³/mol. The van der Waals surface area contributed by atoms with E-state index in [1.807, 2.05) is 0 Å². The molecule has 2 fully saturated rings. The summed E-state index contributed by atoms with van der Waals surface area (Å²) in [6.45, 7) is 5.04. The van der Waals surface area contributed by atoms with E-state index >= 15 is 0 Å². The lowest BCUT2D eigenvalue weighted by atomic mass is 10.6. The summed E-state index contributed by atoms with van der Waals surface area (Å²) in [5.74, 6) is 0. The van der Waals surface area contributed by atoms with Gasteiger partial charge in [0.05, 0.1) is 25.9 Å². The van der Waals surface area contributed by atoms with Crippen molar-refractivity contribution in [3.8, 4) is 0 Å². The van der Waals surface area contributed by atoms with Gasteiger partial charge in [0, 0.05) is 14.2 Å². The van der Waals surface area contributed by atoms with Crippen LogP contribution in [-0.2, 0) is 14.2 Å². The number of epoxide rings is 2. The molecule has 0 spiro atoms. The van der Waals surface area contributed by atoms with E-state index in [9.17, 15) is 0 Å². The van der Waals surface area contributed by atoms with E-state index in [-0.39, 0.29) is 0 Å². The highest BCUT2D eigenvalue weighted by Gasteiger charge is 2.13. The number of hydrogen-bond donors (Lipinski definition) is 0. The van der Waals surface area contributed by atoms with Crippen molar-refractivity contribution in [2.24, 2.45) is 0 Å². The molecular weight excluding hydrogens is 132 g/mol. The fourth-order valence-corrected chi connectivity index (χ4v) is 0.0962. The lowest BCUT2D eigenvalue weighted by molar-refractivity contribution is 0.277. The van der Waals surface area contributed by atoms with Gasteiger partial charge in [0.1, 0.15) is 0 Å². The van der Waals surface area contributed by atoms with Crippen molar-refractivity contribution in [2.75, 3.05) is 34.0 Å². The number of hydrogen-bond acceptors (Lipinski definition) is 3. The molecule has 0 aromatic carbocycles. The maximum Gasteiger partial charge on any atom is 0.0781 e. The zero-order valence-electron chi connectivity index (χ0n) is 6.92. The van der Waals surface area contributed by atoms with Crippen molar-refractivity contribution in [3.63, 3.8) is 0 Å². The van der Waals surface area contributed by atoms with E-state index in [0.717, 1.165) is 19.8 Å². The molecule has 0 N–H and O–H groups in total. The number of methoxy groups -OCH3 is 1. The molecule has 0 aromatic heterocycles. The average Bonchev–Trinajstić information content (AvgIpc) is 2.63. The van der Waals surface area contributed by atoms with Gasteiger partial charge in [-0.3, -0.25) is 0 Å². The van der Waals surface area contributed by atoms with E-state index in [0.29, 0.717) is 6.10 Å². The summed E-state index contributed by atoms with van der Waals surface area (Å²) < 4.78 is 13.5. The normalized spacial score (nSPS) is 24.9. The highest BCUT2D eigenvalue weighted by Crippen LogP contribution is 2.04. The largest absolute Gasteiger partial charge is 0.388 e. The Kier molecular flexibility index (Phi) is 6.91. The van der Waals surface area contributed by atoms with Crippen LogP contribution < -0.4 is 0 Å². The van der Waals surface area contributed by atoms with E-state index in [4.69, 9.17) is 4.74 Å². The van der Waals surface area contributed by atoms with Crippen LogP contribution in [0, 0.1) is 0 Å². The number of rotatable bonds is 0. The molecule has 2 rings (SSSR count). The van der Waals surface area contributed by atoms with Crippen LogP contribution in [0.2, 0.25) is 0 Å². The Morgan fingerprint density at radius 3 is 1.50 bits per heavy atom. The molecule has 0 bridgehead atoms. The summed E-state index contributed by atoms with van der Waals surface area (Å²) in [6.07, 6.45) is 0.583. The van der Waals surface area contributed by atoms with Gasteiger partial charge in [0.2, 0.25) is 0 Å². The van der Waals surface area contributed by atoms with Crippen LogP contribution in [0.4, 0.5) is 0 Å². The van der Waals surface area contributed by atoms with E-state index < -0.39 is 0 Å². The van der Waals surface area contributed by atoms with Gasteiger partial charge in [0.25, 0.3) is 0 Å². The Bertz CT molecular complexity index is 57.1. The second-order valence-electron chi connectivity index (χ2n) is 2.16. The Balaban J connectivity index is 0.000000124. The first-order valence-corrected chi connectivity index (χ1v) is 3.40. The van der Waals surface area contributed by atoms with Crippen LogP contribution in [0.25, 0.3) is 0 Å². The SMILES string of the molecule is C1CO1.CC1CO1.COC. The van der Waals surface area contributed by atoms with Gasteiger partial charge < -0.3 is 14.2 Å². The lowest BCUT2D eigenvalue weighted by Gasteiger charge is -1.61. The maximum absolute atomic E-state index is 4.71. The molecule has 2 saturated heterocycles. The minimum absolute atomic E-state index is 0.583. The summed E-state index contributed by atoms with van der Waals surface area (Å²) in [5, 5.41) is 0. The summed E-state index contributed by atoms with van der Waals surface area (Å²) in [6, 6.07) is 0. The monoisotopic (exact) mass is 148 g/mol. The Labute approximate surface area is 62.3 Å². The molecule has 1 atom stereocenters. The van der Waals surface area contributed by atoms with Crippen LogP contribution in [0.3, 0.4) is 0 Å². The number of ether oxygens (including phenoxy) is 3. The molecule has 0 saturated carbocycles. The van der Waals surface area contributed by atoms with Gasteiger partial charge in [-0.05, 0) is 6.92 Å². The summed E-state index contributed by atoms with van der Waals surface area (Å²) in [7, 11) is 3.25. The molecule has 2 aliphatic heterocycles. The van der Waals surface area contributed by atoms with Crippen molar-refractivity contribution in [2.45, 2.75) is 13.0 Å². The molecule has 1 unspecified atom stereocenters. The van der Waals surface area contributed by atoms with Crippen molar-refractivity contribution >= 4 is 0 Å². The minimum atomic E-state index is 0.583. The zero-order valence-corrected chi connectivity index (χ0v) is 6.92. The Hall–Kier alpha value is -0.120. The first-order chi connectivity index (χ1) is 4.81. The maximum atomic E-state index is 4.71. The molecular formula is C7H16O3. The summed E-state index contributed by atoms with van der Waals surface area (Å²) in [4.78, 5) is 0. The van der Waals surface area contributed by atoms with Crippen LogP contribution in [0.5, 0.6) is 0 Å². The van der Waals surface area contributed by atoms with Gasteiger partial charge in [-0.15, -0.1) is 0 Å². The second kappa shape index (κ2) is 6.99. The molecule has 3 nitrogen and oxygen atoms in total. The smallest absolute Gasteiger partial charge is 0.0781 e. The van der Waals surface area contributed by atoms with Gasteiger partial charge in [0.15, 0.2) is 0 Å². The molecule has 2 aliphatic rings. The van der Waals surface area contributed by atoms with Crippen LogP contribution >= 0.6 is 0 Å². The topological polar surface area (TPSA) is 34.3 Å². The molecule has 0 aliphatic carbocycles. The lowest BCUT2D eigenvalue weighted by Crippen LogP contribution is -1.60. The van der Waals surface area contributed by atoms with Crippen LogP contribution in [0.1, 0.15) is 6.92 Å². The quantitative estimate of drug-likeness (QED) is 0.474. The molecule has 0 radical (unpaired) electrons. The highest BCUT2D eigenvalue weighted by molar-refractivity contribution is 4.58. The Morgan fingerprint density at radius 2 is 1.50 bits per heavy atom. The third kappa shape index (κ3) is 24.8. The molecule has 0 amide bonds. The van der Waals surface area contributed by atoms with Crippen molar-refractivity contribution < 1.29 is 14.2 Å². The van der Waals surface area contributed by atoms with Crippen LogP contribution in [-0.4, -0.2) is 40.1 Å². The minimum Gasteiger partial charge on any atom is -0.388 e. The third-order valence-electron chi connectivity index (χ3n) is 0.704. The average molecular weight is 148 g/mol. The van der Waals surface area contributed by atoms with Gasteiger partial charge in [-0.2, -0.15) is 0 Å². The van der Waals surface area contributed by atoms with Crippen LogP contribution in [0.15, 0.2) is 0 Å². The molecule has 10 heavy (non-hydrogen) atoms. The van der Waals surface area contributed by atoms with Gasteiger partial charge in [-0.25, -0.2) is 0 Å². The van der Waals surface area contributed by atoms with E-state index in [1.165, 1.54) is 0 Å². The molecule has 2 heterocycles. The van der Waals surface area contributed by atoms with Crippen molar-refractivity contribution in [1.82, 2.24) is 0 Å². The molecule has 0 aromatic rings. The summed E-state index contributed by atoms with van der Waals surface area (Å²) >= 11 is 0. The predicted octanol–water partition coefficient (Wildman–Crippen LogP) is 0.684. The first-order valence-electron chi connectivity index (χ1n) is 3.40. The molecule has 62 valence electrons. The summed E-state index contributed by atoms with van der Waals surface area (Å²) in [5.41, 5.74) is 0. The standard InChI is InChI=1S/C3H6O.C2H4O.C2H6O/c1-3-2-4-3;1-2-3-1;1-3-2/h3H,2H2,1H3;1-2H2;1-2H3. The van der Waals surface area contributed by atoms with Gasteiger partial charge >= 0.3 is 0 Å². The Morgan fingerprint density at radius 1 is 1.30 bits per heavy atom. The first kappa shape index (κ1) is 9.88. The van der Waals surface area contributed by atoms with Crippen molar-refractivity contribution in [3.05, 3.63) is 0 Å². The highest BCUT2D eigenvalue weighted by atomic mass is 16.6. The van der Waals surface area contributed by atoms with Gasteiger partial charge in [-0.1, -0.05) is 0 Å². The molecule has 3 heteroatoms. The zero-order chi connectivity index (χ0) is 7.82. The fourth-order valence-electron chi connectivity index (χ4n) is 0.0962. The van der Waals surface area contributed by atoms with Crippen molar-refractivity contribution in [1.29, 1.82) is 0 Å². The van der Waals surface area contributed by atoms with E-state index in [1.54, 1.807) is 14.2 Å². The van der Waals surface area contributed by atoms with E-state index in [2.05, 4.69) is 16.4 Å².